The van der Waals surface area contributed by atoms with Crippen LogP contribution in [0.15, 0.2) is 24.3 Å². The lowest BCUT2D eigenvalue weighted by Crippen LogP contribution is -2.42. The third kappa shape index (κ3) is 11.8. The topological polar surface area (TPSA) is 123 Å². The molecule has 1 aliphatic rings. The highest BCUT2D eigenvalue weighted by molar-refractivity contribution is 5.87. The van der Waals surface area contributed by atoms with Crippen molar-refractivity contribution >= 4 is 23.7 Å². The Bertz CT molecular complexity index is 942. The van der Waals surface area contributed by atoms with Crippen molar-refractivity contribution in [3.05, 3.63) is 35.4 Å². The van der Waals surface area contributed by atoms with Crippen molar-refractivity contribution < 1.29 is 28.7 Å². The summed E-state index contributed by atoms with van der Waals surface area (Å²) in [6, 6.07) is 8.06. The van der Waals surface area contributed by atoms with E-state index in [1.165, 1.54) is 5.56 Å². The van der Waals surface area contributed by atoms with Gasteiger partial charge in [0, 0.05) is 31.3 Å². The smallest absolute Gasteiger partial charge is 0.309 e. The van der Waals surface area contributed by atoms with Gasteiger partial charge in [-0.3, -0.25) is 19.2 Å². The highest BCUT2D eigenvalue weighted by Gasteiger charge is 2.33. The summed E-state index contributed by atoms with van der Waals surface area (Å²) >= 11 is 0. The van der Waals surface area contributed by atoms with Crippen molar-refractivity contribution in [1.29, 1.82) is 0 Å². The van der Waals surface area contributed by atoms with Gasteiger partial charge in [-0.1, -0.05) is 57.5 Å². The lowest BCUT2D eigenvalue weighted by atomic mass is 9.89. The second kappa shape index (κ2) is 13.6. The van der Waals surface area contributed by atoms with Gasteiger partial charge in [0.2, 0.25) is 17.7 Å². The third-order valence-electron chi connectivity index (χ3n) is 6.14. The molecule has 2 unspecified atom stereocenters. The molecule has 3 amide bonds. The number of carbonyl (C=O) groups is 4. The van der Waals surface area contributed by atoms with Gasteiger partial charge in [0.05, 0.1) is 31.8 Å². The number of rotatable bonds is 14. The fourth-order valence-electron chi connectivity index (χ4n) is 3.99. The molecule has 1 saturated heterocycles. The number of hydrogen-bond acceptors (Lipinski definition) is 6. The number of cyclic esters (lactones) is 1. The van der Waals surface area contributed by atoms with Gasteiger partial charge in [-0.2, -0.15) is 0 Å². The summed E-state index contributed by atoms with van der Waals surface area (Å²) in [5, 5.41) is 8.33. The number of amides is 3. The first-order valence-electron chi connectivity index (χ1n) is 12.9. The molecule has 3 N–H and O–H groups in total. The number of ether oxygens (including phenoxy) is 2. The molecule has 9 nitrogen and oxygen atoms in total. The summed E-state index contributed by atoms with van der Waals surface area (Å²) < 4.78 is 11.0. The Labute approximate surface area is 220 Å². The van der Waals surface area contributed by atoms with Gasteiger partial charge < -0.3 is 25.4 Å². The predicted octanol–water partition coefficient (Wildman–Crippen LogP) is 2.64. The van der Waals surface area contributed by atoms with E-state index in [1.54, 1.807) is 6.92 Å². The second-order valence-electron chi connectivity index (χ2n) is 11.7. The van der Waals surface area contributed by atoms with E-state index in [9.17, 15) is 19.2 Å². The zero-order valence-electron chi connectivity index (χ0n) is 23.1. The Morgan fingerprint density at radius 2 is 1.59 bits per heavy atom. The molecule has 1 aromatic rings. The van der Waals surface area contributed by atoms with E-state index < -0.39 is 5.92 Å². The minimum absolute atomic E-state index is 0.0234. The van der Waals surface area contributed by atoms with E-state index in [4.69, 9.17) is 9.47 Å². The Morgan fingerprint density at radius 1 is 0.946 bits per heavy atom. The van der Waals surface area contributed by atoms with Crippen LogP contribution in [0.2, 0.25) is 0 Å². The molecule has 0 spiro atoms. The molecule has 2 rings (SSSR count). The van der Waals surface area contributed by atoms with Gasteiger partial charge in [-0.25, -0.2) is 0 Å². The highest BCUT2D eigenvalue weighted by atomic mass is 16.5. The average molecular weight is 518 g/mol. The van der Waals surface area contributed by atoms with E-state index >= 15 is 0 Å². The summed E-state index contributed by atoms with van der Waals surface area (Å²) in [7, 11) is 0. The van der Waals surface area contributed by atoms with Crippen molar-refractivity contribution in [3.63, 3.8) is 0 Å². The molecule has 0 aromatic heterocycles. The van der Waals surface area contributed by atoms with Crippen molar-refractivity contribution in [2.24, 2.45) is 16.7 Å². The largest absolute Gasteiger partial charge is 0.462 e. The molecule has 1 aliphatic heterocycles. The second-order valence-corrected chi connectivity index (χ2v) is 11.7. The van der Waals surface area contributed by atoms with E-state index in [-0.39, 0.29) is 53.6 Å². The number of benzene rings is 1. The fraction of sp³-hybridized carbons (Fsp3) is 0.643. The van der Waals surface area contributed by atoms with Gasteiger partial charge in [0.25, 0.3) is 0 Å². The minimum atomic E-state index is -0.447. The number of aryl methyl sites for hydroxylation is 1. The standard InChI is InChI=1S/C28H43N3O6/c1-19-7-9-21(10-8-19)14-29-24(33)13-27(3,4)17-36-18-28(5,6)16-31-25(34)15-30-23(32)12-22-11-20(2)37-26(22)35/h7-10,20,22H,11-18H2,1-6H3,(H,29,33)(H,30,32)(H,31,34). The summed E-state index contributed by atoms with van der Waals surface area (Å²) in [4.78, 5) is 48.3. The summed E-state index contributed by atoms with van der Waals surface area (Å²) in [5.41, 5.74) is 1.56. The van der Waals surface area contributed by atoms with Crippen LogP contribution in [0.25, 0.3) is 0 Å². The van der Waals surface area contributed by atoms with Crippen molar-refractivity contribution in [3.8, 4) is 0 Å². The minimum Gasteiger partial charge on any atom is -0.462 e. The van der Waals surface area contributed by atoms with Gasteiger partial charge >= 0.3 is 5.97 Å². The van der Waals surface area contributed by atoms with Crippen molar-refractivity contribution in [2.45, 2.75) is 73.5 Å². The zero-order chi connectivity index (χ0) is 27.6. The Hall–Kier alpha value is -2.94. The molecule has 2 atom stereocenters. The average Bonchev–Trinajstić information content (AvgIpc) is 3.11. The van der Waals surface area contributed by atoms with Gasteiger partial charge in [0.15, 0.2) is 0 Å². The van der Waals surface area contributed by atoms with Crippen LogP contribution >= 0.6 is 0 Å². The first-order valence-corrected chi connectivity index (χ1v) is 12.9. The molecule has 37 heavy (non-hydrogen) atoms. The normalized spacial score (nSPS) is 17.7. The van der Waals surface area contributed by atoms with Crippen LogP contribution in [-0.2, 0) is 35.2 Å². The van der Waals surface area contributed by atoms with Gasteiger partial charge in [-0.15, -0.1) is 0 Å². The van der Waals surface area contributed by atoms with Crippen LogP contribution in [0.1, 0.15) is 65.0 Å². The lowest BCUT2D eigenvalue weighted by Gasteiger charge is -2.29. The lowest BCUT2D eigenvalue weighted by molar-refractivity contribution is -0.145. The highest BCUT2D eigenvalue weighted by Crippen LogP contribution is 2.24. The molecule has 1 heterocycles. The van der Waals surface area contributed by atoms with Crippen LogP contribution in [0.5, 0.6) is 0 Å². The van der Waals surface area contributed by atoms with E-state index in [1.807, 2.05) is 58.9 Å². The van der Waals surface area contributed by atoms with Crippen LogP contribution in [-0.4, -0.2) is 56.1 Å². The first kappa shape index (κ1) is 30.3. The molecule has 0 saturated carbocycles. The number of nitrogens with one attached hydrogen (secondary N) is 3. The molecule has 9 heteroatoms. The molecular weight excluding hydrogens is 474 g/mol. The molecule has 1 aromatic carbocycles. The molecule has 0 radical (unpaired) electrons. The van der Waals surface area contributed by atoms with E-state index in [0.29, 0.717) is 39.1 Å². The van der Waals surface area contributed by atoms with Crippen LogP contribution < -0.4 is 16.0 Å². The summed E-state index contributed by atoms with van der Waals surface area (Å²) in [6.45, 7) is 13.2. The Morgan fingerprint density at radius 3 is 2.22 bits per heavy atom. The monoisotopic (exact) mass is 517 g/mol. The summed E-state index contributed by atoms with van der Waals surface area (Å²) in [5.74, 6) is -1.49. The van der Waals surface area contributed by atoms with Gasteiger partial charge in [-0.05, 0) is 31.2 Å². The Kier molecular flexibility index (Phi) is 11.1. The van der Waals surface area contributed by atoms with Gasteiger partial charge in [0.1, 0.15) is 0 Å². The summed E-state index contributed by atoms with van der Waals surface area (Å²) in [6.07, 6.45) is 0.703. The molecule has 0 aliphatic carbocycles. The number of esters is 1. The molecule has 1 fully saturated rings. The van der Waals surface area contributed by atoms with E-state index in [2.05, 4.69) is 16.0 Å². The van der Waals surface area contributed by atoms with Crippen molar-refractivity contribution in [2.75, 3.05) is 26.3 Å². The zero-order valence-corrected chi connectivity index (χ0v) is 23.1. The molecule has 206 valence electrons. The Balaban J connectivity index is 1.62. The maximum atomic E-state index is 12.4. The van der Waals surface area contributed by atoms with Crippen molar-refractivity contribution in [1.82, 2.24) is 16.0 Å². The van der Waals surface area contributed by atoms with Crippen LogP contribution in [0, 0.1) is 23.7 Å². The first-order chi connectivity index (χ1) is 17.2. The van der Waals surface area contributed by atoms with Crippen LogP contribution in [0.4, 0.5) is 0 Å². The molecular formula is C28H43N3O6. The number of carbonyl (C=O) groups excluding carboxylic acids is 4. The number of hydrogen-bond donors (Lipinski definition) is 3. The third-order valence-corrected chi connectivity index (χ3v) is 6.14. The van der Waals surface area contributed by atoms with E-state index in [0.717, 1.165) is 5.56 Å². The predicted molar refractivity (Wildman–Crippen MR) is 140 cm³/mol. The fourth-order valence-corrected chi connectivity index (χ4v) is 3.99. The van der Waals surface area contributed by atoms with Crippen LogP contribution in [0.3, 0.4) is 0 Å². The SMILES string of the molecule is Cc1ccc(CNC(=O)CC(C)(C)COCC(C)(C)CNC(=O)CNC(=O)CC2CC(C)OC2=O)cc1. The maximum absolute atomic E-state index is 12.4. The molecule has 0 bridgehead atoms. The maximum Gasteiger partial charge on any atom is 0.309 e. The quantitative estimate of drug-likeness (QED) is 0.326.